The average molecular weight is 351 g/mol. The molecule has 2 heteroatoms. The molecule has 18 heavy (non-hydrogen) atoms. The zero-order chi connectivity index (χ0) is 12.8. The molecule has 0 amide bonds. The van der Waals surface area contributed by atoms with Crippen molar-refractivity contribution in [2.24, 2.45) is 5.73 Å². The van der Waals surface area contributed by atoms with E-state index in [1.807, 2.05) is 0 Å². The molecule has 0 saturated heterocycles. The third kappa shape index (κ3) is 3.33. The number of benzene rings is 2. The van der Waals surface area contributed by atoms with Gasteiger partial charge in [-0.2, -0.15) is 0 Å². The fourth-order valence-corrected chi connectivity index (χ4v) is 2.88. The molecule has 0 aliphatic rings. The first kappa shape index (κ1) is 13.6. The van der Waals surface area contributed by atoms with Gasteiger partial charge in [0.1, 0.15) is 0 Å². The Morgan fingerprint density at radius 1 is 0.944 bits per heavy atom. The molecule has 0 heterocycles. The molecule has 2 N–H and O–H groups in total. The van der Waals surface area contributed by atoms with Crippen molar-refractivity contribution in [3.05, 3.63) is 71.3 Å². The molecule has 2 aromatic carbocycles. The highest BCUT2D eigenvalue weighted by Crippen LogP contribution is 2.29. The summed E-state index contributed by atoms with van der Waals surface area (Å²) in [5.74, 6) is 0.481. The molecule has 1 atom stereocenters. The highest BCUT2D eigenvalue weighted by atomic mass is 127. The standard InChI is InChI=1S/C16H18IN/c17-10-9-16(14-6-2-1-3-7-14)15-8-4-5-13(11-15)12-18/h1-8,11,16H,9-10,12,18H2. The minimum Gasteiger partial charge on any atom is -0.326 e. The second kappa shape index (κ2) is 6.90. The van der Waals surface area contributed by atoms with Crippen LogP contribution in [0.15, 0.2) is 54.6 Å². The number of hydrogen-bond acceptors (Lipinski definition) is 1. The van der Waals surface area contributed by atoms with Gasteiger partial charge < -0.3 is 5.73 Å². The van der Waals surface area contributed by atoms with Crippen molar-refractivity contribution in [3.63, 3.8) is 0 Å². The van der Waals surface area contributed by atoms with Crippen LogP contribution in [0.1, 0.15) is 29.0 Å². The molecule has 1 nitrogen and oxygen atoms in total. The van der Waals surface area contributed by atoms with Crippen LogP contribution >= 0.6 is 22.6 Å². The number of nitrogens with two attached hydrogens (primary N) is 1. The summed E-state index contributed by atoms with van der Waals surface area (Å²) < 4.78 is 1.16. The van der Waals surface area contributed by atoms with Crippen LogP contribution in [-0.4, -0.2) is 4.43 Å². The van der Waals surface area contributed by atoms with E-state index in [4.69, 9.17) is 5.73 Å². The van der Waals surface area contributed by atoms with Crippen LogP contribution in [0.3, 0.4) is 0 Å². The van der Waals surface area contributed by atoms with E-state index in [2.05, 4.69) is 77.2 Å². The van der Waals surface area contributed by atoms with Gasteiger partial charge in [-0.15, -0.1) is 0 Å². The van der Waals surface area contributed by atoms with Gasteiger partial charge in [0.15, 0.2) is 0 Å². The molecule has 0 radical (unpaired) electrons. The van der Waals surface area contributed by atoms with Crippen molar-refractivity contribution in [3.8, 4) is 0 Å². The van der Waals surface area contributed by atoms with E-state index in [0.29, 0.717) is 12.5 Å². The van der Waals surface area contributed by atoms with Crippen LogP contribution in [0.4, 0.5) is 0 Å². The zero-order valence-electron chi connectivity index (χ0n) is 10.4. The van der Waals surface area contributed by atoms with Crippen molar-refractivity contribution in [2.45, 2.75) is 18.9 Å². The highest BCUT2D eigenvalue weighted by Gasteiger charge is 2.13. The van der Waals surface area contributed by atoms with E-state index >= 15 is 0 Å². The van der Waals surface area contributed by atoms with E-state index in [-0.39, 0.29) is 0 Å². The lowest BCUT2D eigenvalue weighted by Crippen LogP contribution is -2.04. The molecule has 0 aliphatic carbocycles. The minimum atomic E-state index is 0.481. The smallest absolute Gasteiger partial charge is 0.0178 e. The quantitative estimate of drug-likeness (QED) is 0.637. The maximum Gasteiger partial charge on any atom is 0.0178 e. The lowest BCUT2D eigenvalue weighted by atomic mass is 9.88. The van der Waals surface area contributed by atoms with Gasteiger partial charge in [0.2, 0.25) is 0 Å². The SMILES string of the molecule is NCc1cccc(C(CCI)c2ccccc2)c1. The Morgan fingerprint density at radius 3 is 2.33 bits per heavy atom. The second-order valence-corrected chi connectivity index (χ2v) is 5.47. The first-order valence-corrected chi connectivity index (χ1v) is 7.77. The predicted molar refractivity (Wildman–Crippen MR) is 86.1 cm³/mol. The van der Waals surface area contributed by atoms with E-state index in [0.717, 1.165) is 4.43 Å². The Kier molecular flexibility index (Phi) is 5.20. The molecular formula is C16H18IN. The Labute approximate surface area is 123 Å². The van der Waals surface area contributed by atoms with Crippen molar-refractivity contribution in [2.75, 3.05) is 4.43 Å². The second-order valence-electron chi connectivity index (χ2n) is 4.39. The predicted octanol–water partition coefficient (Wildman–Crippen LogP) is 4.10. The third-order valence-electron chi connectivity index (χ3n) is 3.19. The van der Waals surface area contributed by atoms with Crippen LogP contribution in [-0.2, 0) is 6.54 Å². The Balaban J connectivity index is 2.35. The van der Waals surface area contributed by atoms with Crippen LogP contribution in [0, 0.1) is 0 Å². The summed E-state index contributed by atoms with van der Waals surface area (Å²) in [6.07, 6.45) is 1.17. The first-order chi connectivity index (χ1) is 8.85. The monoisotopic (exact) mass is 351 g/mol. The fourth-order valence-electron chi connectivity index (χ4n) is 2.26. The average Bonchev–Trinajstić information content (AvgIpc) is 2.46. The van der Waals surface area contributed by atoms with E-state index in [1.54, 1.807) is 0 Å². The normalized spacial score (nSPS) is 12.3. The van der Waals surface area contributed by atoms with Crippen LogP contribution < -0.4 is 5.73 Å². The lowest BCUT2D eigenvalue weighted by Gasteiger charge is -2.17. The maximum atomic E-state index is 5.73. The van der Waals surface area contributed by atoms with Gasteiger partial charge in [0.05, 0.1) is 0 Å². The summed E-state index contributed by atoms with van der Waals surface area (Å²) in [7, 11) is 0. The number of hydrogen-bond donors (Lipinski definition) is 1. The van der Waals surface area contributed by atoms with Crippen LogP contribution in [0.25, 0.3) is 0 Å². The maximum absolute atomic E-state index is 5.73. The van der Waals surface area contributed by atoms with Crippen molar-refractivity contribution in [1.29, 1.82) is 0 Å². The van der Waals surface area contributed by atoms with Crippen LogP contribution in [0.2, 0.25) is 0 Å². The highest BCUT2D eigenvalue weighted by molar-refractivity contribution is 14.1. The summed E-state index contributed by atoms with van der Waals surface area (Å²) in [4.78, 5) is 0. The van der Waals surface area contributed by atoms with Crippen molar-refractivity contribution < 1.29 is 0 Å². The van der Waals surface area contributed by atoms with Gasteiger partial charge >= 0.3 is 0 Å². The molecule has 0 aromatic heterocycles. The van der Waals surface area contributed by atoms with Gasteiger partial charge in [-0.3, -0.25) is 0 Å². The Morgan fingerprint density at radius 2 is 1.67 bits per heavy atom. The summed E-state index contributed by atoms with van der Waals surface area (Å²) in [6, 6.07) is 19.4. The minimum absolute atomic E-state index is 0.481. The van der Waals surface area contributed by atoms with E-state index < -0.39 is 0 Å². The largest absolute Gasteiger partial charge is 0.326 e. The third-order valence-corrected chi connectivity index (χ3v) is 3.81. The summed E-state index contributed by atoms with van der Waals surface area (Å²) >= 11 is 2.45. The number of alkyl halides is 1. The van der Waals surface area contributed by atoms with E-state index in [9.17, 15) is 0 Å². The lowest BCUT2D eigenvalue weighted by molar-refractivity contribution is 0.790. The van der Waals surface area contributed by atoms with Gasteiger partial charge in [-0.1, -0.05) is 77.2 Å². The number of rotatable bonds is 5. The fraction of sp³-hybridized carbons (Fsp3) is 0.250. The number of halogens is 1. The zero-order valence-corrected chi connectivity index (χ0v) is 12.5. The molecule has 2 aromatic rings. The van der Waals surface area contributed by atoms with Gasteiger partial charge in [-0.05, 0) is 23.1 Å². The topological polar surface area (TPSA) is 26.0 Å². The Hall–Kier alpha value is -0.870. The molecule has 0 aliphatic heterocycles. The molecule has 0 saturated carbocycles. The van der Waals surface area contributed by atoms with Gasteiger partial charge in [-0.25, -0.2) is 0 Å². The first-order valence-electron chi connectivity index (χ1n) is 6.25. The van der Waals surface area contributed by atoms with Crippen molar-refractivity contribution in [1.82, 2.24) is 0 Å². The summed E-state index contributed by atoms with van der Waals surface area (Å²) in [5.41, 5.74) is 9.71. The molecule has 0 bridgehead atoms. The van der Waals surface area contributed by atoms with Crippen molar-refractivity contribution >= 4 is 22.6 Å². The summed E-state index contributed by atoms with van der Waals surface area (Å²) in [6.45, 7) is 0.611. The molecule has 0 fully saturated rings. The molecule has 94 valence electrons. The van der Waals surface area contributed by atoms with E-state index in [1.165, 1.54) is 23.1 Å². The van der Waals surface area contributed by atoms with Gasteiger partial charge in [0.25, 0.3) is 0 Å². The molecule has 0 spiro atoms. The summed E-state index contributed by atoms with van der Waals surface area (Å²) in [5, 5.41) is 0. The molecule has 1 unspecified atom stereocenters. The molecule has 2 rings (SSSR count). The Bertz CT molecular complexity index is 481. The van der Waals surface area contributed by atoms with Gasteiger partial charge in [0, 0.05) is 16.9 Å². The van der Waals surface area contributed by atoms with Crippen LogP contribution in [0.5, 0.6) is 0 Å². The molecular weight excluding hydrogens is 333 g/mol.